The summed E-state index contributed by atoms with van der Waals surface area (Å²) in [6.07, 6.45) is 0.550. The Kier molecular flexibility index (Phi) is 5.71. The average molecular weight is 287 g/mol. The van der Waals surface area contributed by atoms with E-state index in [1.165, 1.54) is 0 Å². The van der Waals surface area contributed by atoms with E-state index < -0.39 is 5.54 Å². The third-order valence-corrected chi connectivity index (χ3v) is 4.29. The molecule has 2 saturated heterocycles. The lowest BCUT2D eigenvalue weighted by Crippen LogP contribution is -2.58. The number of ether oxygens (including phenoxy) is 2. The van der Waals surface area contributed by atoms with Crippen LogP contribution in [0.3, 0.4) is 0 Å². The number of hydrogen-bond donors (Lipinski definition) is 0. The van der Waals surface area contributed by atoms with Crippen LogP contribution in [0.2, 0.25) is 0 Å². The van der Waals surface area contributed by atoms with Gasteiger partial charge in [0.15, 0.2) is 0 Å². The van der Waals surface area contributed by atoms with Crippen molar-refractivity contribution in [3.05, 3.63) is 10.1 Å². The highest BCUT2D eigenvalue weighted by Gasteiger charge is 2.44. The van der Waals surface area contributed by atoms with E-state index in [0.29, 0.717) is 45.9 Å². The molecule has 0 atom stereocenters. The summed E-state index contributed by atoms with van der Waals surface area (Å²) in [5, 5.41) is 11.7. The molecule has 7 heteroatoms. The van der Waals surface area contributed by atoms with Crippen LogP contribution in [0.4, 0.5) is 0 Å². The first kappa shape index (κ1) is 15.6. The minimum Gasteiger partial charge on any atom is -0.379 e. The van der Waals surface area contributed by atoms with Gasteiger partial charge in [-0.15, -0.1) is 0 Å². The van der Waals surface area contributed by atoms with Crippen LogP contribution < -0.4 is 0 Å². The molecule has 7 nitrogen and oxygen atoms in total. The van der Waals surface area contributed by atoms with E-state index in [4.69, 9.17) is 9.47 Å². The normalized spacial score (nSPS) is 22.9. The Balaban J connectivity index is 2.00. The fourth-order valence-electron chi connectivity index (χ4n) is 2.87. The SMILES string of the molecule is CCC(CN1CCOCC1)(CN1CCOCC1)[N+](=O)[O-]. The van der Waals surface area contributed by atoms with E-state index in [-0.39, 0.29) is 4.92 Å². The van der Waals surface area contributed by atoms with Crippen molar-refractivity contribution in [2.45, 2.75) is 18.9 Å². The molecule has 0 aliphatic carbocycles. The number of morpholine rings is 2. The fourth-order valence-corrected chi connectivity index (χ4v) is 2.87. The van der Waals surface area contributed by atoms with E-state index in [1.807, 2.05) is 6.92 Å². The summed E-state index contributed by atoms with van der Waals surface area (Å²) >= 11 is 0. The van der Waals surface area contributed by atoms with Crippen molar-refractivity contribution in [2.75, 3.05) is 65.7 Å². The van der Waals surface area contributed by atoms with Gasteiger partial charge in [-0.2, -0.15) is 0 Å². The molecule has 0 N–H and O–H groups in total. The number of nitrogens with zero attached hydrogens (tertiary/aromatic N) is 3. The molecule has 2 fully saturated rings. The third-order valence-electron chi connectivity index (χ3n) is 4.29. The quantitative estimate of drug-likeness (QED) is 0.509. The van der Waals surface area contributed by atoms with Crippen LogP contribution >= 0.6 is 0 Å². The molecule has 0 bridgehead atoms. The molecule has 0 spiro atoms. The molecule has 2 aliphatic heterocycles. The van der Waals surface area contributed by atoms with E-state index in [9.17, 15) is 10.1 Å². The van der Waals surface area contributed by atoms with E-state index in [1.54, 1.807) is 0 Å². The van der Waals surface area contributed by atoms with E-state index >= 15 is 0 Å². The predicted molar refractivity (Wildman–Crippen MR) is 74.5 cm³/mol. The zero-order chi connectivity index (χ0) is 14.4. The van der Waals surface area contributed by atoms with Crippen molar-refractivity contribution in [3.8, 4) is 0 Å². The molecule has 2 heterocycles. The van der Waals surface area contributed by atoms with Gasteiger partial charge >= 0.3 is 0 Å². The average Bonchev–Trinajstić information content (AvgIpc) is 2.48. The molecule has 0 radical (unpaired) electrons. The van der Waals surface area contributed by atoms with Gasteiger partial charge < -0.3 is 9.47 Å². The summed E-state index contributed by atoms with van der Waals surface area (Å²) in [5.41, 5.74) is -0.880. The van der Waals surface area contributed by atoms with Gasteiger partial charge in [0.2, 0.25) is 5.54 Å². The van der Waals surface area contributed by atoms with Gasteiger partial charge in [0.25, 0.3) is 0 Å². The first-order valence-electron chi connectivity index (χ1n) is 7.41. The molecule has 0 saturated carbocycles. The highest BCUT2D eigenvalue weighted by Crippen LogP contribution is 2.20. The van der Waals surface area contributed by atoms with Gasteiger partial charge in [-0.25, -0.2) is 0 Å². The number of nitro groups is 1. The Morgan fingerprint density at radius 2 is 1.40 bits per heavy atom. The van der Waals surface area contributed by atoms with Crippen molar-refractivity contribution < 1.29 is 14.4 Å². The summed E-state index contributed by atoms with van der Waals surface area (Å²) in [4.78, 5) is 15.9. The third kappa shape index (κ3) is 3.88. The molecular weight excluding hydrogens is 262 g/mol. The van der Waals surface area contributed by atoms with Gasteiger partial charge in [-0.3, -0.25) is 19.9 Å². The number of rotatable bonds is 6. The van der Waals surface area contributed by atoms with Crippen molar-refractivity contribution in [1.82, 2.24) is 9.80 Å². The number of hydrogen-bond acceptors (Lipinski definition) is 6. The molecule has 2 rings (SSSR count). The Morgan fingerprint density at radius 3 is 1.70 bits per heavy atom. The molecule has 0 amide bonds. The molecule has 116 valence electrons. The summed E-state index contributed by atoms with van der Waals surface area (Å²) in [7, 11) is 0. The first-order chi connectivity index (χ1) is 9.66. The van der Waals surface area contributed by atoms with Gasteiger partial charge in [-0.05, 0) is 0 Å². The Morgan fingerprint density at radius 1 is 1.00 bits per heavy atom. The molecular formula is C13H25N3O4. The van der Waals surface area contributed by atoms with Crippen LogP contribution in [-0.2, 0) is 9.47 Å². The molecule has 0 aromatic rings. The van der Waals surface area contributed by atoms with Crippen LogP contribution in [0.25, 0.3) is 0 Å². The molecule has 0 unspecified atom stereocenters. The Hall–Kier alpha value is -0.760. The van der Waals surface area contributed by atoms with Crippen molar-refractivity contribution in [2.24, 2.45) is 0 Å². The maximum Gasteiger partial charge on any atom is 0.246 e. The second-order valence-corrected chi connectivity index (χ2v) is 5.61. The second kappa shape index (κ2) is 7.31. The largest absolute Gasteiger partial charge is 0.379 e. The summed E-state index contributed by atoms with van der Waals surface area (Å²) < 4.78 is 10.6. The minimum absolute atomic E-state index is 0.0715. The first-order valence-corrected chi connectivity index (χ1v) is 7.41. The van der Waals surface area contributed by atoms with Gasteiger partial charge in [0.1, 0.15) is 0 Å². The van der Waals surface area contributed by atoms with Crippen molar-refractivity contribution >= 4 is 0 Å². The van der Waals surface area contributed by atoms with E-state index in [2.05, 4.69) is 9.80 Å². The van der Waals surface area contributed by atoms with E-state index in [0.717, 1.165) is 26.2 Å². The molecule has 0 aromatic heterocycles. The highest BCUT2D eigenvalue weighted by atomic mass is 16.6. The van der Waals surface area contributed by atoms with Crippen LogP contribution in [0.15, 0.2) is 0 Å². The Labute approximate surface area is 120 Å². The molecule has 0 aromatic carbocycles. The van der Waals surface area contributed by atoms with Gasteiger partial charge in [0.05, 0.1) is 39.5 Å². The molecule has 20 heavy (non-hydrogen) atoms. The second-order valence-electron chi connectivity index (χ2n) is 5.61. The highest BCUT2D eigenvalue weighted by molar-refractivity contribution is 4.87. The maximum absolute atomic E-state index is 11.7. The smallest absolute Gasteiger partial charge is 0.246 e. The van der Waals surface area contributed by atoms with Gasteiger partial charge in [0, 0.05) is 37.5 Å². The van der Waals surface area contributed by atoms with Crippen LogP contribution in [0.5, 0.6) is 0 Å². The van der Waals surface area contributed by atoms with Crippen LogP contribution in [0, 0.1) is 10.1 Å². The predicted octanol–water partition coefficient (Wildman–Crippen LogP) is 0.0763. The summed E-state index contributed by atoms with van der Waals surface area (Å²) in [6.45, 7) is 8.81. The molecule has 2 aliphatic rings. The maximum atomic E-state index is 11.7. The Bertz CT molecular complexity index is 295. The van der Waals surface area contributed by atoms with Crippen molar-refractivity contribution in [1.29, 1.82) is 0 Å². The van der Waals surface area contributed by atoms with Crippen LogP contribution in [0.1, 0.15) is 13.3 Å². The monoisotopic (exact) mass is 287 g/mol. The van der Waals surface area contributed by atoms with Crippen molar-refractivity contribution in [3.63, 3.8) is 0 Å². The zero-order valence-electron chi connectivity index (χ0n) is 12.3. The minimum atomic E-state index is -0.880. The summed E-state index contributed by atoms with van der Waals surface area (Å²) in [5.74, 6) is 0. The standard InChI is InChI=1S/C13H25N3O4/c1-2-13(16(17)18,11-14-3-7-19-8-4-14)12-15-5-9-20-10-6-15/h2-12H2,1H3. The summed E-state index contributed by atoms with van der Waals surface area (Å²) in [6, 6.07) is 0. The zero-order valence-corrected chi connectivity index (χ0v) is 12.3. The lowest BCUT2D eigenvalue weighted by Gasteiger charge is -2.37. The fraction of sp³-hybridized carbons (Fsp3) is 1.00. The van der Waals surface area contributed by atoms with Gasteiger partial charge in [-0.1, -0.05) is 6.92 Å². The lowest BCUT2D eigenvalue weighted by atomic mass is 9.94. The lowest BCUT2D eigenvalue weighted by molar-refractivity contribution is -0.572. The van der Waals surface area contributed by atoms with Crippen LogP contribution in [-0.4, -0.2) is 86.0 Å². The topological polar surface area (TPSA) is 68.1 Å².